The van der Waals surface area contributed by atoms with Crippen LogP contribution in [0.3, 0.4) is 0 Å². The molecule has 2 aromatic rings. The predicted molar refractivity (Wildman–Crippen MR) is 121 cm³/mol. The van der Waals surface area contributed by atoms with Gasteiger partial charge in [-0.05, 0) is 105 Å². The highest BCUT2D eigenvalue weighted by atomic mass is 16.5. The fraction of sp³-hybridized carbons (Fsp3) is 0.520. The van der Waals surface area contributed by atoms with E-state index in [0.717, 1.165) is 69.7 Å². The lowest BCUT2D eigenvalue weighted by Gasteiger charge is -2.09. The molecule has 1 aliphatic rings. The first-order valence-corrected chi connectivity index (χ1v) is 11.1. The SMILES string of the molecule is CC(N)CCCCOc1ccc2c(c1)Cc1cc(OCCCCC(C)N)ccc1-2. The molecule has 3 rings (SSSR count). The van der Waals surface area contributed by atoms with Gasteiger partial charge in [0, 0.05) is 12.1 Å². The molecule has 1 aliphatic carbocycles. The second-order valence-corrected chi connectivity index (χ2v) is 8.46. The maximum absolute atomic E-state index is 5.95. The zero-order chi connectivity index (χ0) is 20.6. The van der Waals surface area contributed by atoms with Gasteiger partial charge < -0.3 is 20.9 Å². The zero-order valence-corrected chi connectivity index (χ0v) is 18.0. The molecule has 2 atom stereocenters. The fourth-order valence-corrected chi connectivity index (χ4v) is 3.86. The third kappa shape index (κ3) is 6.48. The van der Waals surface area contributed by atoms with Crippen molar-refractivity contribution in [3.8, 4) is 22.6 Å². The maximum atomic E-state index is 5.95. The van der Waals surface area contributed by atoms with Crippen molar-refractivity contribution < 1.29 is 9.47 Å². The minimum atomic E-state index is 0.275. The summed E-state index contributed by atoms with van der Waals surface area (Å²) < 4.78 is 11.9. The van der Waals surface area contributed by atoms with Crippen LogP contribution in [0.25, 0.3) is 11.1 Å². The van der Waals surface area contributed by atoms with Crippen molar-refractivity contribution in [2.45, 2.75) is 70.9 Å². The van der Waals surface area contributed by atoms with Crippen molar-refractivity contribution >= 4 is 0 Å². The fourth-order valence-electron chi connectivity index (χ4n) is 3.86. The normalized spacial score (nSPS) is 14.2. The zero-order valence-electron chi connectivity index (χ0n) is 18.0. The molecule has 0 radical (unpaired) electrons. The second-order valence-electron chi connectivity index (χ2n) is 8.46. The van der Waals surface area contributed by atoms with Crippen LogP contribution in [0.1, 0.15) is 63.5 Å². The van der Waals surface area contributed by atoms with Crippen LogP contribution >= 0.6 is 0 Å². The number of ether oxygens (including phenoxy) is 2. The Bertz CT molecular complexity index is 721. The molecule has 0 aromatic heterocycles. The number of hydrogen-bond donors (Lipinski definition) is 2. The quantitative estimate of drug-likeness (QED) is 0.420. The first-order chi connectivity index (χ1) is 14.0. The molecule has 0 fully saturated rings. The van der Waals surface area contributed by atoms with Crippen LogP contribution in [-0.4, -0.2) is 25.3 Å². The largest absolute Gasteiger partial charge is 0.494 e. The Kier molecular flexibility index (Phi) is 7.96. The van der Waals surface area contributed by atoms with Gasteiger partial charge in [0.1, 0.15) is 11.5 Å². The average Bonchev–Trinajstić information content (AvgIpc) is 3.03. The molecule has 4 heteroatoms. The summed E-state index contributed by atoms with van der Waals surface area (Å²) in [6.45, 7) is 5.61. The Balaban J connectivity index is 1.50. The van der Waals surface area contributed by atoms with Crippen molar-refractivity contribution in [1.29, 1.82) is 0 Å². The summed E-state index contributed by atoms with van der Waals surface area (Å²) in [5.74, 6) is 1.92. The minimum absolute atomic E-state index is 0.275. The minimum Gasteiger partial charge on any atom is -0.494 e. The summed E-state index contributed by atoms with van der Waals surface area (Å²) in [7, 11) is 0. The Labute approximate surface area is 175 Å². The molecular weight excluding hydrogens is 360 g/mol. The van der Waals surface area contributed by atoms with Crippen LogP contribution in [0.2, 0.25) is 0 Å². The van der Waals surface area contributed by atoms with Crippen LogP contribution in [-0.2, 0) is 6.42 Å². The molecule has 29 heavy (non-hydrogen) atoms. The molecule has 4 nitrogen and oxygen atoms in total. The summed E-state index contributed by atoms with van der Waals surface area (Å²) in [4.78, 5) is 0. The van der Waals surface area contributed by atoms with Crippen LogP contribution in [0.15, 0.2) is 36.4 Å². The van der Waals surface area contributed by atoms with E-state index in [2.05, 4.69) is 50.2 Å². The number of rotatable bonds is 12. The molecule has 0 aliphatic heterocycles. The van der Waals surface area contributed by atoms with E-state index in [0.29, 0.717) is 0 Å². The molecule has 0 saturated carbocycles. The first kappa shape index (κ1) is 21.7. The first-order valence-electron chi connectivity index (χ1n) is 11.1. The lowest BCUT2D eigenvalue weighted by Crippen LogP contribution is -2.14. The molecule has 0 bridgehead atoms. The third-order valence-corrected chi connectivity index (χ3v) is 5.47. The number of fused-ring (bicyclic) bond motifs is 3. The highest BCUT2D eigenvalue weighted by Gasteiger charge is 2.19. The summed E-state index contributed by atoms with van der Waals surface area (Å²) in [6.07, 6.45) is 7.37. The van der Waals surface area contributed by atoms with Gasteiger partial charge in [-0.25, -0.2) is 0 Å². The standard InChI is InChI=1S/C25H36N2O2/c1-18(26)7-3-5-13-28-22-9-11-24-20(16-22)15-21-17-23(10-12-25(21)24)29-14-6-4-8-19(2)27/h9-12,16-19H,3-8,13-15,26-27H2,1-2H3. The van der Waals surface area contributed by atoms with Gasteiger partial charge in [-0.2, -0.15) is 0 Å². The topological polar surface area (TPSA) is 70.5 Å². The molecule has 4 N–H and O–H groups in total. The monoisotopic (exact) mass is 396 g/mol. The van der Waals surface area contributed by atoms with Crippen molar-refractivity contribution in [2.24, 2.45) is 11.5 Å². The van der Waals surface area contributed by atoms with Crippen molar-refractivity contribution in [3.63, 3.8) is 0 Å². The van der Waals surface area contributed by atoms with Crippen LogP contribution in [0.5, 0.6) is 11.5 Å². The molecule has 0 spiro atoms. The molecule has 2 aromatic carbocycles. The van der Waals surface area contributed by atoms with Gasteiger partial charge in [-0.15, -0.1) is 0 Å². The molecule has 0 amide bonds. The van der Waals surface area contributed by atoms with Crippen molar-refractivity contribution in [2.75, 3.05) is 13.2 Å². The molecule has 2 unspecified atom stereocenters. The lowest BCUT2D eigenvalue weighted by atomic mass is 10.1. The highest BCUT2D eigenvalue weighted by Crippen LogP contribution is 2.39. The van der Waals surface area contributed by atoms with E-state index >= 15 is 0 Å². The van der Waals surface area contributed by atoms with Gasteiger partial charge in [-0.3, -0.25) is 0 Å². The lowest BCUT2D eigenvalue weighted by molar-refractivity contribution is 0.303. The highest BCUT2D eigenvalue weighted by molar-refractivity contribution is 5.78. The van der Waals surface area contributed by atoms with E-state index in [4.69, 9.17) is 20.9 Å². The second kappa shape index (κ2) is 10.7. The van der Waals surface area contributed by atoms with Crippen LogP contribution in [0, 0.1) is 0 Å². The summed E-state index contributed by atoms with van der Waals surface area (Å²) in [5, 5.41) is 0. The van der Waals surface area contributed by atoms with Gasteiger partial charge in [-0.1, -0.05) is 12.1 Å². The molecular formula is C25H36N2O2. The van der Waals surface area contributed by atoms with E-state index in [-0.39, 0.29) is 12.1 Å². The van der Waals surface area contributed by atoms with E-state index < -0.39 is 0 Å². The number of hydrogen-bond acceptors (Lipinski definition) is 4. The van der Waals surface area contributed by atoms with Crippen molar-refractivity contribution in [1.82, 2.24) is 0 Å². The Hall–Kier alpha value is -2.04. The predicted octanol–water partition coefficient (Wildman–Crippen LogP) is 5.05. The third-order valence-electron chi connectivity index (χ3n) is 5.47. The average molecular weight is 397 g/mol. The van der Waals surface area contributed by atoms with Gasteiger partial charge in [0.25, 0.3) is 0 Å². The van der Waals surface area contributed by atoms with Gasteiger partial charge in [0.15, 0.2) is 0 Å². The van der Waals surface area contributed by atoms with E-state index in [1.807, 2.05) is 0 Å². The van der Waals surface area contributed by atoms with E-state index in [9.17, 15) is 0 Å². The van der Waals surface area contributed by atoms with Gasteiger partial charge in [0.2, 0.25) is 0 Å². The summed E-state index contributed by atoms with van der Waals surface area (Å²) in [5.41, 5.74) is 16.9. The van der Waals surface area contributed by atoms with Gasteiger partial charge >= 0.3 is 0 Å². The van der Waals surface area contributed by atoms with Crippen LogP contribution < -0.4 is 20.9 Å². The Morgan fingerprint density at radius 3 is 1.59 bits per heavy atom. The number of nitrogens with two attached hydrogens (primary N) is 2. The van der Waals surface area contributed by atoms with Crippen molar-refractivity contribution in [3.05, 3.63) is 47.5 Å². The smallest absolute Gasteiger partial charge is 0.119 e. The van der Waals surface area contributed by atoms with E-state index in [1.165, 1.54) is 22.3 Å². The maximum Gasteiger partial charge on any atom is 0.119 e. The van der Waals surface area contributed by atoms with Crippen LogP contribution in [0.4, 0.5) is 0 Å². The molecule has 0 heterocycles. The molecule has 0 saturated heterocycles. The number of benzene rings is 2. The Morgan fingerprint density at radius 2 is 1.17 bits per heavy atom. The summed E-state index contributed by atoms with van der Waals surface area (Å²) in [6, 6.07) is 13.5. The summed E-state index contributed by atoms with van der Waals surface area (Å²) >= 11 is 0. The van der Waals surface area contributed by atoms with E-state index in [1.54, 1.807) is 0 Å². The number of unbranched alkanes of at least 4 members (excludes halogenated alkanes) is 2. The molecule has 158 valence electrons. The van der Waals surface area contributed by atoms with Gasteiger partial charge in [0.05, 0.1) is 13.2 Å². The Morgan fingerprint density at radius 1 is 0.724 bits per heavy atom.